The maximum Gasteiger partial charge on any atom is 0.343 e. The highest BCUT2D eigenvalue weighted by atomic mass is 32.2. The number of nitrogens with one attached hydrogen (secondary N) is 3. The van der Waals surface area contributed by atoms with Gasteiger partial charge in [0.15, 0.2) is 0 Å². The standard InChI is InChI=1S/C21H25FN4O4S/c22-18-8-6-17(7-9-18)20(27)23-13-12-16-4-10-19(11-5-16)31(29,30)25-21(28)24-26-14-2-1-3-15-26/h4-11H,1-3,12-15H2,(H,23,27)(H2,24,25,28). The van der Waals surface area contributed by atoms with Crippen LogP contribution in [0.1, 0.15) is 35.2 Å². The Hall–Kier alpha value is -2.98. The Morgan fingerprint density at radius 1 is 0.935 bits per heavy atom. The van der Waals surface area contributed by atoms with E-state index in [1.165, 1.54) is 36.4 Å². The van der Waals surface area contributed by atoms with Gasteiger partial charge < -0.3 is 5.32 Å². The molecule has 0 aliphatic carbocycles. The van der Waals surface area contributed by atoms with Crippen LogP contribution in [0, 0.1) is 5.82 Å². The molecule has 0 unspecified atom stereocenters. The first-order valence-electron chi connectivity index (χ1n) is 10.0. The third-order valence-electron chi connectivity index (χ3n) is 4.88. The molecule has 0 radical (unpaired) electrons. The van der Waals surface area contributed by atoms with Crippen molar-refractivity contribution in [2.24, 2.45) is 0 Å². The highest BCUT2D eigenvalue weighted by molar-refractivity contribution is 7.90. The van der Waals surface area contributed by atoms with Crippen LogP contribution in [0.15, 0.2) is 53.4 Å². The van der Waals surface area contributed by atoms with Gasteiger partial charge in [0.2, 0.25) is 0 Å². The van der Waals surface area contributed by atoms with E-state index in [4.69, 9.17) is 0 Å². The number of sulfonamides is 1. The zero-order valence-electron chi connectivity index (χ0n) is 16.9. The number of benzene rings is 2. The molecule has 10 heteroatoms. The third-order valence-corrected chi connectivity index (χ3v) is 6.23. The summed E-state index contributed by atoms with van der Waals surface area (Å²) in [6.07, 6.45) is 3.49. The Bertz CT molecular complexity index is 1000. The summed E-state index contributed by atoms with van der Waals surface area (Å²) in [6, 6.07) is 10.5. The topological polar surface area (TPSA) is 108 Å². The second-order valence-electron chi connectivity index (χ2n) is 7.25. The maximum atomic E-state index is 12.9. The lowest BCUT2D eigenvalue weighted by molar-refractivity contribution is 0.0954. The highest BCUT2D eigenvalue weighted by Crippen LogP contribution is 2.11. The number of hydrazine groups is 1. The van der Waals surface area contributed by atoms with Crippen LogP contribution < -0.4 is 15.5 Å². The van der Waals surface area contributed by atoms with Crippen LogP contribution in [0.3, 0.4) is 0 Å². The van der Waals surface area contributed by atoms with E-state index in [1.807, 2.05) is 4.72 Å². The van der Waals surface area contributed by atoms with Gasteiger partial charge in [0.25, 0.3) is 15.9 Å². The summed E-state index contributed by atoms with van der Waals surface area (Å²) in [4.78, 5) is 24.0. The fourth-order valence-electron chi connectivity index (χ4n) is 3.21. The minimum atomic E-state index is -3.99. The number of nitrogens with zero attached hydrogens (tertiary/aromatic N) is 1. The molecule has 0 aromatic heterocycles. The summed E-state index contributed by atoms with van der Waals surface area (Å²) in [5.74, 6) is -0.729. The molecule has 2 aromatic rings. The molecular formula is C21H25FN4O4S. The number of carbonyl (C=O) groups excluding carboxylic acids is 2. The van der Waals surface area contributed by atoms with Crippen molar-refractivity contribution < 1.29 is 22.4 Å². The van der Waals surface area contributed by atoms with Gasteiger partial charge in [0, 0.05) is 25.2 Å². The number of urea groups is 1. The lowest BCUT2D eigenvalue weighted by Gasteiger charge is -2.26. The molecular weight excluding hydrogens is 423 g/mol. The first kappa shape index (κ1) is 22.7. The Morgan fingerprint density at radius 3 is 2.23 bits per heavy atom. The molecule has 0 bridgehead atoms. The second-order valence-corrected chi connectivity index (χ2v) is 8.93. The minimum Gasteiger partial charge on any atom is -0.352 e. The van der Waals surface area contributed by atoms with Crippen molar-refractivity contribution in [1.82, 2.24) is 20.5 Å². The van der Waals surface area contributed by atoms with Crippen LogP contribution in [0.4, 0.5) is 9.18 Å². The van der Waals surface area contributed by atoms with E-state index in [0.717, 1.165) is 24.8 Å². The number of rotatable bonds is 7. The molecule has 1 aliphatic heterocycles. The Kier molecular flexibility index (Phi) is 7.59. The zero-order valence-corrected chi connectivity index (χ0v) is 17.8. The van der Waals surface area contributed by atoms with Crippen LogP contribution in [0.25, 0.3) is 0 Å². The van der Waals surface area contributed by atoms with Gasteiger partial charge in [-0.25, -0.2) is 27.3 Å². The largest absolute Gasteiger partial charge is 0.352 e. The van der Waals surface area contributed by atoms with Crippen molar-refractivity contribution in [3.63, 3.8) is 0 Å². The SMILES string of the molecule is O=C(NN1CCCCC1)NS(=O)(=O)c1ccc(CCNC(=O)c2ccc(F)cc2)cc1. The quantitative estimate of drug-likeness (QED) is 0.602. The summed E-state index contributed by atoms with van der Waals surface area (Å²) >= 11 is 0. The van der Waals surface area contributed by atoms with Crippen molar-refractivity contribution in [3.8, 4) is 0 Å². The molecule has 0 atom stereocenters. The van der Waals surface area contributed by atoms with Gasteiger partial charge in [-0.15, -0.1) is 0 Å². The number of piperidine rings is 1. The van der Waals surface area contributed by atoms with Crippen molar-refractivity contribution in [2.75, 3.05) is 19.6 Å². The monoisotopic (exact) mass is 448 g/mol. The Labute approximate surface area is 180 Å². The average molecular weight is 449 g/mol. The summed E-state index contributed by atoms with van der Waals surface area (Å²) in [6.45, 7) is 1.72. The van der Waals surface area contributed by atoms with E-state index < -0.39 is 21.9 Å². The molecule has 1 aliphatic rings. The van der Waals surface area contributed by atoms with Gasteiger partial charge in [0.05, 0.1) is 4.90 Å². The fraction of sp³-hybridized carbons (Fsp3) is 0.333. The summed E-state index contributed by atoms with van der Waals surface area (Å²) < 4.78 is 39.7. The first-order chi connectivity index (χ1) is 14.8. The molecule has 0 spiro atoms. The number of amides is 3. The van der Waals surface area contributed by atoms with E-state index in [2.05, 4.69) is 10.7 Å². The van der Waals surface area contributed by atoms with E-state index in [-0.39, 0.29) is 10.8 Å². The number of hydrogen-bond donors (Lipinski definition) is 3. The lowest BCUT2D eigenvalue weighted by atomic mass is 10.1. The smallest absolute Gasteiger partial charge is 0.343 e. The van der Waals surface area contributed by atoms with Crippen LogP contribution in [-0.2, 0) is 16.4 Å². The summed E-state index contributed by atoms with van der Waals surface area (Å²) in [7, 11) is -3.99. The first-order valence-corrected chi connectivity index (χ1v) is 11.5. The molecule has 3 rings (SSSR count). The maximum absolute atomic E-state index is 12.9. The van der Waals surface area contributed by atoms with Crippen molar-refractivity contribution in [3.05, 3.63) is 65.5 Å². The van der Waals surface area contributed by atoms with E-state index in [0.29, 0.717) is 31.6 Å². The minimum absolute atomic E-state index is 0.0274. The van der Waals surface area contributed by atoms with Gasteiger partial charge >= 0.3 is 6.03 Å². The van der Waals surface area contributed by atoms with Crippen LogP contribution >= 0.6 is 0 Å². The van der Waals surface area contributed by atoms with Crippen LogP contribution in [-0.4, -0.2) is 45.0 Å². The van der Waals surface area contributed by atoms with Crippen molar-refractivity contribution >= 4 is 22.0 Å². The zero-order chi connectivity index (χ0) is 22.3. The predicted octanol–water partition coefficient (Wildman–Crippen LogP) is 2.19. The van der Waals surface area contributed by atoms with Gasteiger partial charge in [-0.05, 0) is 61.2 Å². The summed E-state index contributed by atoms with van der Waals surface area (Å²) in [5, 5.41) is 4.43. The third kappa shape index (κ3) is 6.76. The molecule has 3 amide bonds. The molecule has 31 heavy (non-hydrogen) atoms. The predicted molar refractivity (Wildman–Crippen MR) is 113 cm³/mol. The number of hydrogen-bond acceptors (Lipinski definition) is 5. The highest BCUT2D eigenvalue weighted by Gasteiger charge is 2.20. The average Bonchev–Trinajstić information content (AvgIpc) is 2.75. The normalized spacial score (nSPS) is 14.6. The van der Waals surface area contributed by atoms with Gasteiger partial charge in [-0.1, -0.05) is 18.6 Å². The fourth-order valence-corrected chi connectivity index (χ4v) is 4.11. The lowest BCUT2D eigenvalue weighted by Crippen LogP contribution is -2.50. The van der Waals surface area contributed by atoms with Gasteiger partial charge in [-0.2, -0.15) is 0 Å². The van der Waals surface area contributed by atoms with Crippen molar-refractivity contribution in [2.45, 2.75) is 30.6 Å². The molecule has 166 valence electrons. The molecule has 8 nitrogen and oxygen atoms in total. The second kappa shape index (κ2) is 10.4. The molecule has 0 saturated carbocycles. The number of carbonyl (C=O) groups is 2. The Balaban J connectivity index is 1.48. The van der Waals surface area contributed by atoms with Crippen LogP contribution in [0.2, 0.25) is 0 Å². The van der Waals surface area contributed by atoms with E-state index in [9.17, 15) is 22.4 Å². The van der Waals surface area contributed by atoms with Crippen LogP contribution in [0.5, 0.6) is 0 Å². The van der Waals surface area contributed by atoms with Gasteiger partial charge in [-0.3, -0.25) is 10.2 Å². The molecule has 1 saturated heterocycles. The van der Waals surface area contributed by atoms with E-state index >= 15 is 0 Å². The Morgan fingerprint density at radius 2 is 1.58 bits per heavy atom. The van der Waals surface area contributed by atoms with Gasteiger partial charge in [0.1, 0.15) is 5.82 Å². The van der Waals surface area contributed by atoms with Crippen molar-refractivity contribution in [1.29, 1.82) is 0 Å². The molecule has 2 aromatic carbocycles. The number of halogens is 1. The summed E-state index contributed by atoms with van der Waals surface area (Å²) in [5.41, 5.74) is 3.73. The molecule has 1 heterocycles. The molecule has 1 fully saturated rings. The molecule has 3 N–H and O–H groups in total. The van der Waals surface area contributed by atoms with E-state index in [1.54, 1.807) is 17.1 Å².